The van der Waals surface area contributed by atoms with Crippen LogP contribution in [0.15, 0.2) is 42.6 Å². The SMILES string of the molecule is CC[C@]1(N)C[C@H](c2ncc(OCCCC(=O)O)c(Cc3cc(C(F)(F)F)cc(C(F)(F)F)c3)n2)c2cc(N(C)C)ccc2N1C(=O)O. The van der Waals surface area contributed by atoms with Gasteiger partial charge in [-0.1, -0.05) is 6.92 Å². The van der Waals surface area contributed by atoms with Crippen molar-refractivity contribution in [2.75, 3.05) is 30.5 Å². The molecule has 254 valence electrons. The van der Waals surface area contributed by atoms with Crippen LogP contribution in [0.25, 0.3) is 0 Å². The Morgan fingerprint density at radius 3 is 2.23 bits per heavy atom. The molecule has 1 aliphatic heterocycles. The lowest BCUT2D eigenvalue weighted by atomic mass is 9.80. The van der Waals surface area contributed by atoms with Crippen molar-refractivity contribution in [2.45, 2.75) is 63.0 Å². The minimum atomic E-state index is -5.07. The number of rotatable bonds is 10. The molecule has 0 saturated heterocycles. The van der Waals surface area contributed by atoms with E-state index in [4.69, 9.17) is 15.6 Å². The van der Waals surface area contributed by atoms with E-state index in [1.807, 2.05) is 0 Å². The zero-order valence-corrected chi connectivity index (χ0v) is 25.6. The van der Waals surface area contributed by atoms with Crippen molar-refractivity contribution in [3.63, 3.8) is 0 Å². The zero-order valence-electron chi connectivity index (χ0n) is 25.6. The Hall–Kier alpha value is -4.60. The molecule has 3 aromatic rings. The lowest BCUT2D eigenvalue weighted by Gasteiger charge is -2.46. The fraction of sp³-hybridized carbons (Fsp3) is 0.419. The molecule has 16 heteroatoms. The van der Waals surface area contributed by atoms with Gasteiger partial charge in [-0.15, -0.1) is 0 Å². The zero-order chi connectivity index (χ0) is 34.9. The highest BCUT2D eigenvalue weighted by molar-refractivity contribution is 5.90. The summed E-state index contributed by atoms with van der Waals surface area (Å²) in [6, 6.07) is 6.27. The summed E-state index contributed by atoms with van der Waals surface area (Å²) >= 11 is 0. The smallest absolute Gasteiger partial charge is 0.416 e. The van der Waals surface area contributed by atoms with Crippen LogP contribution in [0.4, 0.5) is 42.5 Å². The number of carbonyl (C=O) groups is 2. The number of hydrogen-bond donors (Lipinski definition) is 3. The molecule has 0 aliphatic carbocycles. The van der Waals surface area contributed by atoms with Crippen LogP contribution in [-0.4, -0.2) is 58.6 Å². The first-order valence-electron chi connectivity index (χ1n) is 14.5. The molecule has 0 fully saturated rings. The first-order chi connectivity index (χ1) is 21.8. The highest BCUT2D eigenvalue weighted by Crippen LogP contribution is 2.47. The van der Waals surface area contributed by atoms with Crippen LogP contribution in [0.2, 0.25) is 0 Å². The summed E-state index contributed by atoms with van der Waals surface area (Å²) in [7, 11) is 3.56. The predicted octanol–water partition coefficient (Wildman–Crippen LogP) is 6.50. The van der Waals surface area contributed by atoms with Gasteiger partial charge in [0.15, 0.2) is 5.75 Å². The summed E-state index contributed by atoms with van der Waals surface area (Å²) in [6.07, 6.45) is -10.7. The van der Waals surface area contributed by atoms with E-state index in [0.29, 0.717) is 23.4 Å². The molecule has 10 nitrogen and oxygen atoms in total. The summed E-state index contributed by atoms with van der Waals surface area (Å²) in [4.78, 5) is 35.2. The van der Waals surface area contributed by atoms with Crippen molar-refractivity contribution in [1.29, 1.82) is 0 Å². The van der Waals surface area contributed by atoms with Gasteiger partial charge in [-0.3, -0.25) is 9.69 Å². The highest BCUT2D eigenvalue weighted by Gasteiger charge is 2.46. The number of fused-ring (bicyclic) bond motifs is 1. The molecule has 0 saturated carbocycles. The third-order valence-corrected chi connectivity index (χ3v) is 7.92. The van der Waals surface area contributed by atoms with Crippen LogP contribution in [0.5, 0.6) is 5.75 Å². The number of aliphatic carboxylic acids is 1. The van der Waals surface area contributed by atoms with Gasteiger partial charge in [0, 0.05) is 38.5 Å². The molecule has 47 heavy (non-hydrogen) atoms. The number of carboxylic acid groups (broad SMARTS) is 2. The van der Waals surface area contributed by atoms with Crippen LogP contribution in [0, 0.1) is 0 Å². The van der Waals surface area contributed by atoms with Crippen molar-refractivity contribution in [1.82, 2.24) is 9.97 Å². The molecular formula is C31H33F6N5O5. The lowest BCUT2D eigenvalue weighted by molar-refractivity contribution is -0.143. The van der Waals surface area contributed by atoms with Crippen LogP contribution in [0.3, 0.4) is 0 Å². The Labute approximate surface area is 265 Å². The number of anilines is 2. The fourth-order valence-corrected chi connectivity index (χ4v) is 5.48. The van der Waals surface area contributed by atoms with E-state index < -0.39 is 53.5 Å². The normalized spacial score (nSPS) is 18.1. The molecular weight excluding hydrogens is 636 g/mol. The van der Waals surface area contributed by atoms with Crippen molar-refractivity contribution >= 4 is 23.4 Å². The van der Waals surface area contributed by atoms with E-state index >= 15 is 0 Å². The Morgan fingerprint density at radius 2 is 1.70 bits per heavy atom. The average molecular weight is 670 g/mol. The van der Waals surface area contributed by atoms with Gasteiger partial charge >= 0.3 is 24.4 Å². The van der Waals surface area contributed by atoms with Crippen LogP contribution in [-0.2, 0) is 23.6 Å². The standard InChI is InChI=1S/C31H33F6N5O5/c1-4-29(38)15-22(21-14-20(41(2)3)7-8-24(21)42(29)28(45)46)27-39-16-25(47-9-5-6-26(43)44)23(40-27)12-17-10-18(30(32,33)34)13-19(11-17)31(35,36)37/h7-8,10-11,13-14,16,22H,4-6,9,12,15,38H2,1-3H3,(H,43,44)(H,45,46)/t22-,29+/m0/s1. The average Bonchev–Trinajstić information content (AvgIpc) is 2.97. The molecule has 1 aromatic heterocycles. The van der Waals surface area contributed by atoms with Gasteiger partial charge in [0.1, 0.15) is 11.5 Å². The van der Waals surface area contributed by atoms with E-state index in [1.165, 1.54) is 6.20 Å². The van der Waals surface area contributed by atoms with Gasteiger partial charge < -0.3 is 25.6 Å². The molecule has 1 amide bonds. The fourth-order valence-electron chi connectivity index (χ4n) is 5.48. The largest absolute Gasteiger partial charge is 0.490 e. The van der Waals surface area contributed by atoms with Crippen molar-refractivity contribution in [2.24, 2.45) is 5.73 Å². The Morgan fingerprint density at radius 1 is 1.06 bits per heavy atom. The lowest BCUT2D eigenvalue weighted by Crippen LogP contribution is -2.61. The Balaban J connectivity index is 1.88. The third-order valence-electron chi connectivity index (χ3n) is 7.92. The second-order valence-corrected chi connectivity index (χ2v) is 11.4. The molecule has 2 aromatic carbocycles. The maximum atomic E-state index is 13.6. The molecule has 4 N–H and O–H groups in total. The number of aromatic nitrogens is 2. The number of nitrogens with two attached hydrogens (primary N) is 1. The highest BCUT2D eigenvalue weighted by atomic mass is 19.4. The number of halogens is 6. The molecule has 4 rings (SSSR count). The van der Waals surface area contributed by atoms with Crippen LogP contribution < -0.4 is 20.3 Å². The minimum Gasteiger partial charge on any atom is -0.490 e. The first-order valence-corrected chi connectivity index (χ1v) is 14.5. The Kier molecular flexibility index (Phi) is 9.94. The van der Waals surface area contributed by atoms with Crippen LogP contribution >= 0.6 is 0 Å². The van der Waals surface area contributed by atoms with Crippen LogP contribution in [0.1, 0.15) is 72.3 Å². The molecule has 0 radical (unpaired) electrons. The van der Waals surface area contributed by atoms with Crippen molar-refractivity contribution < 1.29 is 50.9 Å². The maximum Gasteiger partial charge on any atom is 0.416 e. The molecule has 0 bridgehead atoms. The molecule has 0 spiro atoms. The van der Waals surface area contributed by atoms with Crippen molar-refractivity contribution in [3.8, 4) is 5.75 Å². The molecule has 0 unspecified atom stereocenters. The number of alkyl halides is 6. The van der Waals surface area contributed by atoms with Gasteiger partial charge in [0.05, 0.1) is 35.3 Å². The van der Waals surface area contributed by atoms with Gasteiger partial charge in [0.2, 0.25) is 0 Å². The van der Waals surface area contributed by atoms with E-state index in [1.54, 1.807) is 44.1 Å². The van der Waals surface area contributed by atoms with Crippen molar-refractivity contribution in [3.05, 3.63) is 76.4 Å². The second-order valence-electron chi connectivity index (χ2n) is 11.4. The van der Waals surface area contributed by atoms with Gasteiger partial charge in [-0.05, 0) is 66.8 Å². The quantitative estimate of drug-likeness (QED) is 0.163. The predicted molar refractivity (Wildman–Crippen MR) is 159 cm³/mol. The van der Waals surface area contributed by atoms with Gasteiger partial charge in [-0.2, -0.15) is 26.3 Å². The topological polar surface area (TPSA) is 142 Å². The summed E-state index contributed by atoms with van der Waals surface area (Å²) < 4.78 is 87.5. The number of hydrogen-bond acceptors (Lipinski definition) is 7. The molecule has 1 aliphatic rings. The summed E-state index contributed by atoms with van der Waals surface area (Å²) in [5.41, 5.74) is 3.31. The van der Waals surface area contributed by atoms with Gasteiger partial charge in [0.25, 0.3) is 0 Å². The number of carboxylic acids is 1. The number of amides is 1. The minimum absolute atomic E-state index is 0.000280. The van der Waals surface area contributed by atoms with E-state index in [0.717, 1.165) is 4.90 Å². The summed E-state index contributed by atoms with van der Waals surface area (Å²) in [5, 5.41) is 19.1. The van der Waals surface area contributed by atoms with E-state index in [9.17, 15) is 41.0 Å². The monoisotopic (exact) mass is 669 g/mol. The van der Waals surface area contributed by atoms with E-state index in [-0.39, 0.29) is 66.9 Å². The molecule has 2 atom stereocenters. The number of benzene rings is 2. The number of nitrogens with zero attached hydrogens (tertiary/aromatic N) is 4. The van der Waals surface area contributed by atoms with E-state index in [2.05, 4.69) is 9.97 Å². The van der Waals surface area contributed by atoms with Gasteiger partial charge in [-0.25, -0.2) is 14.8 Å². The Bertz CT molecular complexity index is 1620. The maximum absolute atomic E-state index is 13.6. The molecule has 2 heterocycles. The first kappa shape index (κ1) is 35.3. The third kappa shape index (κ3) is 7.86. The summed E-state index contributed by atoms with van der Waals surface area (Å²) in [6.45, 7) is 1.56. The summed E-state index contributed by atoms with van der Waals surface area (Å²) in [5.74, 6) is -1.80. The number of ether oxygens (including phenoxy) is 1. The second kappa shape index (κ2) is 13.3.